The predicted molar refractivity (Wildman–Crippen MR) is 138 cm³/mol. The van der Waals surface area contributed by atoms with Crippen LogP contribution in [0.15, 0.2) is 78.9 Å². The molecule has 0 aliphatic carbocycles. The van der Waals surface area contributed by atoms with Crippen LogP contribution in [0.4, 0.5) is 20.0 Å². The summed E-state index contributed by atoms with van der Waals surface area (Å²) < 4.78 is 18.6. The highest BCUT2D eigenvalue weighted by Crippen LogP contribution is 2.26. The average molecular weight is 506 g/mol. The summed E-state index contributed by atoms with van der Waals surface area (Å²) in [5.41, 5.74) is 2.12. The van der Waals surface area contributed by atoms with Crippen molar-refractivity contribution in [2.75, 3.05) is 17.2 Å². The number of benzene rings is 3. The third kappa shape index (κ3) is 6.86. The fourth-order valence-electron chi connectivity index (χ4n) is 3.36. The summed E-state index contributed by atoms with van der Waals surface area (Å²) in [6, 6.07) is 20.7. The molecule has 1 aromatic heterocycles. The van der Waals surface area contributed by atoms with Gasteiger partial charge in [0.05, 0.1) is 6.61 Å². The van der Waals surface area contributed by atoms with Crippen LogP contribution in [0.1, 0.15) is 12.5 Å². The summed E-state index contributed by atoms with van der Waals surface area (Å²) in [7, 11) is 0. The minimum Gasteiger partial charge on any atom is -0.494 e. The molecule has 0 aliphatic heterocycles. The molecular weight excluding hydrogens is 481 g/mol. The number of nitrogens with zero attached hydrogens (tertiary/aromatic N) is 2. The van der Waals surface area contributed by atoms with Crippen LogP contribution in [0.3, 0.4) is 0 Å². The van der Waals surface area contributed by atoms with Gasteiger partial charge < -0.3 is 15.4 Å². The number of hydrogen-bond acceptors (Lipinski definition) is 6. The lowest BCUT2D eigenvalue weighted by Crippen LogP contribution is -2.46. The van der Waals surface area contributed by atoms with Crippen molar-refractivity contribution in [1.82, 2.24) is 15.5 Å². The van der Waals surface area contributed by atoms with Crippen molar-refractivity contribution in [2.45, 2.75) is 19.4 Å². The maximum Gasteiger partial charge on any atom is 0.319 e. The van der Waals surface area contributed by atoms with E-state index in [0.29, 0.717) is 28.6 Å². The van der Waals surface area contributed by atoms with Crippen LogP contribution >= 0.6 is 11.3 Å². The quantitative estimate of drug-likeness (QED) is 0.293. The molecule has 184 valence electrons. The maximum atomic E-state index is 13.2. The average Bonchev–Trinajstić information content (AvgIpc) is 3.34. The van der Waals surface area contributed by atoms with Crippen molar-refractivity contribution < 1.29 is 18.7 Å². The minimum atomic E-state index is -0.881. The largest absolute Gasteiger partial charge is 0.494 e. The molecule has 8 nitrogen and oxygen atoms in total. The van der Waals surface area contributed by atoms with E-state index >= 15 is 0 Å². The lowest BCUT2D eigenvalue weighted by Gasteiger charge is -2.18. The molecule has 0 spiro atoms. The van der Waals surface area contributed by atoms with Gasteiger partial charge in [0.15, 0.2) is 0 Å². The van der Waals surface area contributed by atoms with E-state index in [4.69, 9.17) is 4.74 Å². The Labute approximate surface area is 211 Å². The molecule has 0 saturated carbocycles. The maximum absolute atomic E-state index is 13.2. The van der Waals surface area contributed by atoms with E-state index in [0.717, 1.165) is 16.9 Å². The van der Waals surface area contributed by atoms with Crippen LogP contribution < -0.4 is 20.7 Å². The lowest BCUT2D eigenvalue weighted by molar-refractivity contribution is -0.117. The molecule has 36 heavy (non-hydrogen) atoms. The van der Waals surface area contributed by atoms with E-state index in [2.05, 4.69) is 26.1 Å². The number of ether oxygens (including phenoxy) is 1. The highest BCUT2D eigenvalue weighted by Gasteiger charge is 2.23. The zero-order valence-electron chi connectivity index (χ0n) is 19.4. The second kappa shape index (κ2) is 11.9. The van der Waals surface area contributed by atoms with E-state index < -0.39 is 18.0 Å². The molecule has 3 N–H and O–H groups in total. The number of amides is 3. The normalized spacial score (nSPS) is 11.4. The van der Waals surface area contributed by atoms with Gasteiger partial charge in [-0.25, -0.2) is 9.18 Å². The van der Waals surface area contributed by atoms with Gasteiger partial charge in [-0.3, -0.25) is 10.1 Å². The first-order valence-corrected chi connectivity index (χ1v) is 12.1. The van der Waals surface area contributed by atoms with Crippen LogP contribution in [0.5, 0.6) is 5.75 Å². The Hall–Kier alpha value is -4.31. The molecule has 4 rings (SSSR count). The molecule has 10 heteroatoms. The summed E-state index contributed by atoms with van der Waals surface area (Å²) >= 11 is 1.15. The Balaban J connectivity index is 1.44. The molecule has 3 aromatic carbocycles. The van der Waals surface area contributed by atoms with Gasteiger partial charge >= 0.3 is 6.03 Å². The molecule has 3 amide bonds. The molecule has 0 radical (unpaired) electrons. The summed E-state index contributed by atoms with van der Waals surface area (Å²) in [5, 5.41) is 17.1. The molecule has 0 saturated heterocycles. The SMILES string of the molecule is CCOc1ccc(NC(=O)NC(Cc2ccccc2)C(=O)Nc2nnc(-c3ccc(F)cc3)s2)cc1. The van der Waals surface area contributed by atoms with Gasteiger partial charge in [-0.15, -0.1) is 10.2 Å². The second-order valence-corrected chi connectivity index (χ2v) is 8.68. The molecule has 1 unspecified atom stereocenters. The third-order valence-corrected chi connectivity index (χ3v) is 5.96. The Morgan fingerprint density at radius 1 is 0.944 bits per heavy atom. The number of aromatic nitrogens is 2. The fourth-order valence-corrected chi connectivity index (χ4v) is 4.11. The van der Waals surface area contributed by atoms with Gasteiger partial charge in [-0.2, -0.15) is 0 Å². The Kier molecular flexibility index (Phi) is 8.20. The first kappa shape index (κ1) is 24.8. The topological polar surface area (TPSA) is 105 Å². The minimum absolute atomic E-state index is 0.270. The number of nitrogens with one attached hydrogen (secondary N) is 3. The zero-order valence-corrected chi connectivity index (χ0v) is 20.2. The highest BCUT2D eigenvalue weighted by molar-refractivity contribution is 7.18. The van der Waals surface area contributed by atoms with Gasteiger partial charge in [0.2, 0.25) is 11.0 Å². The Morgan fingerprint density at radius 3 is 2.36 bits per heavy atom. The third-order valence-electron chi connectivity index (χ3n) is 5.07. The van der Waals surface area contributed by atoms with E-state index in [1.807, 2.05) is 37.3 Å². The van der Waals surface area contributed by atoms with Gasteiger partial charge in [0, 0.05) is 17.7 Å². The molecular formula is C26H24FN5O3S. The van der Waals surface area contributed by atoms with E-state index in [-0.39, 0.29) is 17.4 Å². The Morgan fingerprint density at radius 2 is 1.67 bits per heavy atom. The standard InChI is InChI=1S/C26H24FN5O3S/c1-2-35-21-14-12-20(13-15-21)28-25(34)29-22(16-17-6-4-3-5-7-17)23(33)30-26-32-31-24(36-26)18-8-10-19(27)11-9-18/h3-15,22H,2,16H2,1H3,(H2,28,29,34)(H,30,32,33). The zero-order chi connectivity index (χ0) is 25.3. The van der Waals surface area contributed by atoms with Crippen LogP contribution in [-0.2, 0) is 11.2 Å². The van der Waals surface area contributed by atoms with Crippen molar-refractivity contribution in [1.29, 1.82) is 0 Å². The molecule has 0 bridgehead atoms. The fraction of sp³-hybridized carbons (Fsp3) is 0.154. The highest BCUT2D eigenvalue weighted by atomic mass is 32.1. The summed E-state index contributed by atoms with van der Waals surface area (Å²) in [6.45, 7) is 2.44. The first-order chi connectivity index (χ1) is 17.5. The van der Waals surface area contributed by atoms with E-state index in [9.17, 15) is 14.0 Å². The Bertz CT molecular complexity index is 1300. The van der Waals surface area contributed by atoms with E-state index in [1.165, 1.54) is 12.1 Å². The number of carbonyl (C=O) groups excluding carboxylic acids is 2. The molecule has 1 atom stereocenters. The predicted octanol–water partition coefficient (Wildman–Crippen LogP) is 5.11. The number of carbonyl (C=O) groups is 2. The molecule has 1 heterocycles. The number of halogens is 1. The number of urea groups is 1. The number of anilines is 2. The van der Waals surface area contributed by atoms with Crippen LogP contribution in [0.2, 0.25) is 0 Å². The monoisotopic (exact) mass is 505 g/mol. The van der Waals surface area contributed by atoms with Crippen LogP contribution in [-0.4, -0.2) is 34.8 Å². The van der Waals surface area contributed by atoms with Gasteiger partial charge in [0.25, 0.3) is 0 Å². The van der Waals surface area contributed by atoms with Crippen molar-refractivity contribution >= 4 is 34.1 Å². The number of hydrogen-bond donors (Lipinski definition) is 3. The lowest BCUT2D eigenvalue weighted by atomic mass is 10.1. The van der Waals surface area contributed by atoms with Crippen molar-refractivity contribution in [3.63, 3.8) is 0 Å². The van der Waals surface area contributed by atoms with Gasteiger partial charge in [0.1, 0.15) is 22.6 Å². The molecule has 4 aromatic rings. The van der Waals surface area contributed by atoms with E-state index in [1.54, 1.807) is 36.4 Å². The van der Waals surface area contributed by atoms with Gasteiger partial charge in [-0.1, -0.05) is 41.7 Å². The van der Waals surface area contributed by atoms with Crippen molar-refractivity contribution in [2.24, 2.45) is 0 Å². The summed E-state index contributed by atoms with van der Waals surface area (Å²) in [6.07, 6.45) is 0.271. The number of rotatable bonds is 9. The molecule has 0 fully saturated rings. The van der Waals surface area contributed by atoms with Crippen LogP contribution in [0.25, 0.3) is 10.6 Å². The van der Waals surface area contributed by atoms with Gasteiger partial charge in [-0.05, 0) is 61.0 Å². The second-order valence-electron chi connectivity index (χ2n) is 7.71. The van der Waals surface area contributed by atoms with Crippen LogP contribution in [0, 0.1) is 5.82 Å². The van der Waals surface area contributed by atoms with Crippen molar-refractivity contribution in [3.8, 4) is 16.3 Å². The first-order valence-electron chi connectivity index (χ1n) is 11.2. The smallest absolute Gasteiger partial charge is 0.319 e. The molecule has 0 aliphatic rings. The summed E-state index contributed by atoms with van der Waals surface area (Å²) in [4.78, 5) is 25.8. The van der Waals surface area contributed by atoms with Crippen molar-refractivity contribution in [3.05, 3.63) is 90.2 Å². The summed E-state index contributed by atoms with van der Waals surface area (Å²) in [5.74, 6) is -0.0977.